The lowest BCUT2D eigenvalue weighted by Gasteiger charge is -2.08. The SMILES string of the molecule is O=C(O)C(=CC1=CC=CC1)C1=CC=CC1.O=CCOC(=O)C(=CC1=CC=CC1)C1=CC=CC1. The van der Waals surface area contributed by atoms with Crippen LogP contribution in [0.5, 0.6) is 0 Å². The second-order valence-corrected chi connectivity index (χ2v) is 7.58. The van der Waals surface area contributed by atoms with E-state index in [0.717, 1.165) is 48.0 Å². The molecule has 0 unspecified atom stereocenters. The molecule has 4 rings (SSSR count). The van der Waals surface area contributed by atoms with Gasteiger partial charge in [0.2, 0.25) is 0 Å². The van der Waals surface area contributed by atoms with Crippen LogP contribution in [0.25, 0.3) is 0 Å². The molecule has 0 heterocycles. The van der Waals surface area contributed by atoms with E-state index in [1.54, 1.807) is 6.08 Å². The highest BCUT2D eigenvalue weighted by Gasteiger charge is 2.17. The molecule has 0 radical (unpaired) electrons. The highest BCUT2D eigenvalue weighted by Crippen LogP contribution is 2.25. The first-order valence-electron chi connectivity index (χ1n) is 10.8. The van der Waals surface area contributed by atoms with Crippen LogP contribution in [0.2, 0.25) is 0 Å². The zero-order valence-electron chi connectivity index (χ0n) is 18.3. The predicted molar refractivity (Wildman–Crippen MR) is 128 cm³/mol. The van der Waals surface area contributed by atoms with Gasteiger partial charge in [0.05, 0.1) is 11.1 Å². The number of carbonyl (C=O) groups is 3. The Balaban J connectivity index is 0.000000189. The third-order valence-electron chi connectivity index (χ3n) is 5.23. The fourth-order valence-electron chi connectivity index (χ4n) is 3.57. The highest BCUT2D eigenvalue weighted by molar-refractivity contribution is 5.95. The molecule has 0 bridgehead atoms. The summed E-state index contributed by atoms with van der Waals surface area (Å²) in [7, 11) is 0. The van der Waals surface area contributed by atoms with Crippen molar-refractivity contribution < 1.29 is 24.2 Å². The van der Waals surface area contributed by atoms with Crippen molar-refractivity contribution in [3.8, 4) is 0 Å². The molecule has 0 spiro atoms. The molecule has 33 heavy (non-hydrogen) atoms. The Hall–Kier alpha value is -3.99. The molecule has 1 N–H and O–H groups in total. The number of carbonyl (C=O) groups excluding carboxylic acids is 2. The van der Waals surface area contributed by atoms with E-state index >= 15 is 0 Å². The smallest absolute Gasteiger partial charge is 0.338 e. The van der Waals surface area contributed by atoms with Crippen molar-refractivity contribution in [3.05, 3.63) is 119 Å². The Morgan fingerprint density at radius 1 is 0.758 bits per heavy atom. The van der Waals surface area contributed by atoms with Gasteiger partial charge in [-0.15, -0.1) is 0 Å². The standard InChI is InChI=1S/C15H14O3.C13H12O2/c16-9-10-18-15(17)14(13-7-3-4-8-13)11-12-5-1-2-6-12;14-13(15)12(11-7-3-4-8-11)9-10-5-1-2-6-10/h1-5,7,9,11H,6,8,10H2;1-5,7,9H,6,8H2,(H,14,15). The Kier molecular flexibility index (Phi) is 8.71. The summed E-state index contributed by atoms with van der Waals surface area (Å²) in [4.78, 5) is 33.3. The largest absolute Gasteiger partial charge is 0.478 e. The summed E-state index contributed by atoms with van der Waals surface area (Å²) < 4.78 is 4.88. The van der Waals surface area contributed by atoms with E-state index in [2.05, 4.69) is 0 Å². The number of carboxylic acids is 1. The number of rotatable bonds is 8. The zero-order chi connectivity index (χ0) is 23.5. The van der Waals surface area contributed by atoms with Crippen molar-refractivity contribution in [2.45, 2.75) is 25.7 Å². The fraction of sp³-hybridized carbons (Fsp3) is 0.179. The molecule has 0 saturated heterocycles. The van der Waals surface area contributed by atoms with Crippen molar-refractivity contribution in [2.75, 3.05) is 6.61 Å². The Bertz CT molecular complexity index is 1110. The molecule has 0 aromatic heterocycles. The van der Waals surface area contributed by atoms with E-state index in [4.69, 9.17) is 9.84 Å². The van der Waals surface area contributed by atoms with Crippen LogP contribution in [0.3, 0.4) is 0 Å². The predicted octanol–water partition coefficient (Wildman–Crippen LogP) is 5.20. The Labute approximate surface area is 193 Å². The van der Waals surface area contributed by atoms with Gasteiger partial charge in [-0.3, -0.25) is 4.79 Å². The molecular weight excluding hydrogens is 416 g/mol. The number of esters is 1. The van der Waals surface area contributed by atoms with Gasteiger partial charge in [-0.1, -0.05) is 72.9 Å². The maximum absolute atomic E-state index is 11.9. The second-order valence-electron chi connectivity index (χ2n) is 7.58. The van der Waals surface area contributed by atoms with Crippen LogP contribution in [-0.2, 0) is 19.1 Å². The van der Waals surface area contributed by atoms with Crippen LogP contribution in [0, 0.1) is 0 Å². The molecule has 4 aliphatic carbocycles. The number of ether oxygens (including phenoxy) is 1. The Morgan fingerprint density at radius 2 is 1.24 bits per heavy atom. The van der Waals surface area contributed by atoms with E-state index in [0.29, 0.717) is 17.4 Å². The molecule has 0 aliphatic heterocycles. The van der Waals surface area contributed by atoms with Crippen molar-refractivity contribution in [2.24, 2.45) is 0 Å². The molecule has 5 nitrogen and oxygen atoms in total. The van der Waals surface area contributed by atoms with E-state index in [1.165, 1.54) is 0 Å². The van der Waals surface area contributed by atoms with Crippen molar-refractivity contribution in [3.63, 3.8) is 0 Å². The molecule has 0 atom stereocenters. The maximum atomic E-state index is 11.9. The van der Waals surface area contributed by atoms with Gasteiger partial charge in [-0.25, -0.2) is 9.59 Å². The number of aliphatic carboxylic acids is 1. The van der Waals surface area contributed by atoms with Gasteiger partial charge in [-0.2, -0.15) is 0 Å². The molecule has 0 amide bonds. The number of allylic oxidation sites excluding steroid dienone is 16. The molecule has 0 saturated carbocycles. The average molecular weight is 443 g/mol. The molecule has 5 heteroatoms. The quantitative estimate of drug-likeness (QED) is 0.318. The molecular formula is C28H26O5. The number of aldehydes is 1. The number of carboxylic acid groups (broad SMARTS) is 1. The summed E-state index contributed by atoms with van der Waals surface area (Å²) in [5.74, 6) is -1.29. The van der Waals surface area contributed by atoms with Crippen LogP contribution in [0.15, 0.2) is 119 Å². The monoisotopic (exact) mass is 442 g/mol. The molecule has 0 aromatic rings. The third-order valence-corrected chi connectivity index (χ3v) is 5.23. The molecule has 4 aliphatic rings. The van der Waals surface area contributed by atoms with Crippen molar-refractivity contribution in [1.29, 1.82) is 0 Å². The van der Waals surface area contributed by atoms with Crippen molar-refractivity contribution >= 4 is 18.2 Å². The summed E-state index contributed by atoms with van der Waals surface area (Å²) in [6, 6.07) is 0. The highest BCUT2D eigenvalue weighted by atomic mass is 16.5. The maximum Gasteiger partial charge on any atom is 0.338 e. The van der Waals surface area contributed by atoms with Crippen LogP contribution < -0.4 is 0 Å². The average Bonchev–Trinajstić information content (AvgIpc) is 3.63. The first-order chi connectivity index (χ1) is 16.1. The lowest BCUT2D eigenvalue weighted by Crippen LogP contribution is -2.11. The normalized spacial score (nSPS) is 18.4. The number of hydrogen-bond donors (Lipinski definition) is 1. The lowest BCUT2D eigenvalue weighted by molar-refractivity contribution is -0.141. The van der Waals surface area contributed by atoms with E-state index in [-0.39, 0.29) is 6.61 Å². The summed E-state index contributed by atoms with van der Waals surface area (Å²) in [6.45, 7) is -0.200. The third kappa shape index (κ3) is 7.01. The Morgan fingerprint density at radius 3 is 1.67 bits per heavy atom. The molecule has 0 fully saturated rings. The van der Waals surface area contributed by atoms with Gasteiger partial charge >= 0.3 is 11.9 Å². The first kappa shape index (κ1) is 23.7. The number of hydrogen-bond acceptors (Lipinski definition) is 4. The minimum absolute atomic E-state index is 0.200. The van der Waals surface area contributed by atoms with Crippen LogP contribution in [0.4, 0.5) is 0 Å². The first-order valence-corrected chi connectivity index (χ1v) is 10.8. The van der Waals surface area contributed by atoms with Crippen LogP contribution in [-0.4, -0.2) is 29.9 Å². The minimum atomic E-state index is -0.849. The zero-order valence-corrected chi connectivity index (χ0v) is 18.3. The summed E-state index contributed by atoms with van der Waals surface area (Å²) in [5.41, 5.74) is 4.89. The van der Waals surface area contributed by atoms with Crippen molar-refractivity contribution in [1.82, 2.24) is 0 Å². The molecule has 168 valence electrons. The van der Waals surface area contributed by atoms with Gasteiger partial charge in [0, 0.05) is 0 Å². The van der Waals surface area contributed by atoms with Gasteiger partial charge in [0.1, 0.15) is 6.61 Å². The summed E-state index contributed by atoms with van der Waals surface area (Å²) >= 11 is 0. The molecule has 0 aromatic carbocycles. The fourth-order valence-corrected chi connectivity index (χ4v) is 3.57. The van der Waals surface area contributed by atoms with Gasteiger partial charge < -0.3 is 9.84 Å². The lowest BCUT2D eigenvalue weighted by atomic mass is 10.0. The van der Waals surface area contributed by atoms with Gasteiger partial charge in [-0.05, 0) is 60.1 Å². The van der Waals surface area contributed by atoms with Gasteiger partial charge in [0.15, 0.2) is 6.29 Å². The van der Waals surface area contributed by atoms with E-state index < -0.39 is 11.9 Å². The van der Waals surface area contributed by atoms with Gasteiger partial charge in [0.25, 0.3) is 0 Å². The van der Waals surface area contributed by atoms with E-state index in [9.17, 15) is 14.4 Å². The van der Waals surface area contributed by atoms with Crippen LogP contribution >= 0.6 is 0 Å². The van der Waals surface area contributed by atoms with Crippen LogP contribution in [0.1, 0.15) is 25.7 Å². The van der Waals surface area contributed by atoms with E-state index in [1.807, 2.05) is 79.0 Å². The second kappa shape index (κ2) is 12.2. The summed E-state index contributed by atoms with van der Waals surface area (Å²) in [5, 5.41) is 9.11. The minimum Gasteiger partial charge on any atom is -0.478 e. The summed E-state index contributed by atoms with van der Waals surface area (Å²) in [6.07, 6.45) is 30.7. The topological polar surface area (TPSA) is 80.7 Å².